The van der Waals surface area contributed by atoms with Gasteiger partial charge in [0.05, 0.1) is 6.10 Å². The molecular formula is C7H9FO3. The van der Waals surface area contributed by atoms with Crippen molar-refractivity contribution in [2.24, 2.45) is 0 Å². The molecule has 0 saturated carbocycles. The largest absolute Gasteiger partial charge is 0.476 e. The lowest BCUT2D eigenvalue weighted by molar-refractivity contribution is -0.134. The van der Waals surface area contributed by atoms with E-state index < -0.39 is 11.8 Å². The van der Waals surface area contributed by atoms with E-state index in [2.05, 4.69) is 0 Å². The highest BCUT2D eigenvalue weighted by Gasteiger charge is 2.16. The second-order valence-corrected chi connectivity index (χ2v) is 2.37. The standard InChI is InChI=1S/C7H9FO3/c8-6(7(9)10)4-5-2-1-3-11-5/h4-5H,1-3H2,(H,9,10)/b6-4-. The van der Waals surface area contributed by atoms with Crippen LogP contribution >= 0.6 is 0 Å². The highest BCUT2D eigenvalue weighted by molar-refractivity contribution is 5.83. The Labute approximate surface area is 63.5 Å². The fraction of sp³-hybridized carbons (Fsp3) is 0.571. The zero-order chi connectivity index (χ0) is 8.27. The molecule has 62 valence electrons. The molecule has 11 heavy (non-hydrogen) atoms. The van der Waals surface area contributed by atoms with Gasteiger partial charge in [0.1, 0.15) is 0 Å². The molecule has 1 fully saturated rings. The molecule has 1 saturated heterocycles. The van der Waals surface area contributed by atoms with E-state index in [4.69, 9.17) is 9.84 Å². The van der Waals surface area contributed by atoms with Gasteiger partial charge in [0.2, 0.25) is 5.83 Å². The summed E-state index contributed by atoms with van der Waals surface area (Å²) in [7, 11) is 0. The summed E-state index contributed by atoms with van der Waals surface area (Å²) in [6.45, 7) is 0.591. The topological polar surface area (TPSA) is 46.5 Å². The minimum atomic E-state index is -1.53. The van der Waals surface area contributed by atoms with Crippen LogP contribution < -0.4 is 0 Å². The molecule has 0 radical (unpaired) electrons. The number of halogens is 1. The monoisotopic (exact) mass is 160 g/mol. The van der Waals surface area contributed by atoms with E-state index in [-0.39, 0.29) is 6.10 Å². The molecule has 1 rings (SSSR count). The van der Waals surface area contributed by atoms with E-state index in [0.717, 1.165) is 12.5 Å². The number of rotatable bonds is 2. The van der Waals surface area contributed by atoms with Gasteiger partial charge in [-0.3, -0.25) is 0 Å². The Morgan fingerprint density at radius 2 is 2.45 bits per heavy atom. The Kier molecular flexibility index (Phi) is 2.59. The van der Waals surface area contributed by atoms with Crippen molar-refractivity contribution < 1.29 is 19.0 Å². The normalized spacial score (nSPS) is 25.5. The second-order valence-electron chi connectivity index (χ2n) is 2.37. The Bertz CT molecular complexity index is 182. The highest BCUT2D eigenvalue weighted by Crippen LogP contribution is 2.15. The summed E-state index contributed by atoms with van der Waals surface area (Å²) in [6.07, 6.45) is 2.25. The first-order chi connectivity index (χ1) is 5.20. The fourth-order valence-corrected chi connectivity index (χ4v) is 0.969. The van der Waals surface area contributed by atoms with Gasteiger partial charge in [-0.2, -0.15) is 4.39 Å². The molecule has 4 heteroatoms. The highest BCUT2D eigenvalue weighted by atomic mass is 19.1. The van der Waals surface area contributed by atoms with Gasteiger partial charge in [0.25, 0.3) is 0 Å². The van der Waals surface area contributed by atoms with E-state index >= 15 is 0 Å². The van der Waals surface area contributed by atoms with Crippen LogP contribution in [0.4, 0.5) is 4.39 Å². The van der Waals surface area contributed by atoms with E-state index in [9.17, 15) is 9.18 Å². The van der Waals surface area contributed by atoms with Crippen LogP contribution in [0.3, 0.4) is 0 Å². The molecule has 0 aromatic rings. The van der Waals surface area contributed by atoms with Crippen molar-refractivity contribution in [2.75, 3.05) is 6.61 Å². The van der Waals surface area contributed by atoms with Gasteiger partial charge < -0.3 is 9.84 Å². The van der Waals surface area contributed by atoms with Gasteiger partial charge in [-0.05, 0) is 18.9 Å². The minimum absolute atomic E-state index is 0.342. The summed E-state index contributed by atoms with van der Waals surface area (Å²) in [5.74, 6) is -2.66. The summed E-state index contributed by atoms with van der Waals surface area (Å²) in [5.41, 5.74) is 0. The smallest absolute Gasteiger partial charge is 0.364 e. The Morgan fingerprint density at radius 1 is 1.73 bits per heavy atom. The molecule has 3 nitrogen and oxygen atoms in total. The Balaban J connectivity index is 2.49. The molecule has 0 aliphatic carbocycles. The number of ether oxygens (including phenoxy) is 1. The third kappa shape index (κ3) is 2.31. The predicted octanol–water partition coefficient (Wildman–Crippen LogP) is 1.10. The lowest BCUT2D eigenvalue weighted by Crippen LogP contribution is -2.04. The molecule has 1 atom stereocenters. The molecule has 1 N–H and O–H groups in total. The molecule has 1 aliphatic heterocycles. The molecule has 0 spiro atoms. The summed E-state index contributed by atoms with van der Waals surface area (Å²) < 4.78 is 17.4. The molecule has 0 bridgehead atoms. The number of aliphatic carboxylic acids is 1. The molecule has 1 aliphatic rings. The Morgan fingerprint density at radius 3 is 2.91 bits per heavy atom. The van der Waals surface area contributed by atoms with Crippen LogP contribution in [0.25, 0.3) is 0 Å². The quantitative estimate of drug-likeness (QED) is 0.615. The van der Waals surface area contributed by atoms with Crippen LogP contribution in [-0.2, 0) is 9.53 Å². The van der Waals surface area contributed by atoms with Crippen LogP contribution in [0, 0.1) is 0 Å². The summed E-state index contributed by atoms with van der Waals surface area (Å²) in [4.78, 5) is 9.99. The van der Waals surface area contributed by atoms with Crippen LogP contribution in [0.1, 0.15) is 12.8 Å². The lowest BCUT2D eigenvalue weighted by Gasteiger charge is -2.00. The van der Waals surface area contributed by atoms with Gasteiger partial charge in [-0.15, -0.1) is 0 Å². The van der Waals surface area contributed by atoms with Gasteiger partial charge in [-0.1, -0.05) is 0 Å². The first kappa shape index (κ1) is 8.20. The van der Waals surface area contributed by atoms with Crippen LogP contribution in [0.15, 0.2) is 11.9 Å². The van der Waals surface area contributed by atoms with Crippen molar-refractivity contribution >= 4 is 5.97 Å². The van der Waals surface area contributed by atoms with Gasteiger partial charge in [0.15, 0.2) is 0 Å². The first-order valence-electron chi connectivity index (χ1n) is 3.42. The Hall–Kier alpha value is -0.900. The third-order valence-electron chi connectivity index (χ3n) is 1.50. The number of carbonyl (C=O) groups is 1. The van der Waals surface area contributed by atoms with Crippen LogP contribution in [0.5, 0.6) is 0 Å². The van der Waals surface area contributed by atoms with E-state index in [1.165, 1.54) is 0 Å². The number of carboxylic acids is 1. The number of hydrogen-bond acceptors (Lipinski definition) is 2. The molecule has 0 aromatic carbocycles. The van der Waals surface area contributed by atoms with Gasteiger partial charge in [-0.25, -0.2) is 4.79 Å². The van der Waals surface area contributed by atoms with Crippen LogP contribution in [0.2, 0.25) is 0 Å². The van der Waals surface area contributed by atoms with Crippen molar-refractivity contribution in [3.05, 3.63) is 11.9 Å². The summed E-state index contributed by atoms with van der Waals surface area (Å²) in [5, 5.41) is 8.14. The molecule has 1 heterocycles. The molecule has 0 amide bonds. The number of carboxylic acid groups (broad SMARTS) is 1. The minimum Gasteiger partial charge on any atom is -0.476 e. The maximum Gasteiger partial charge on any atom is 0.364 e. The van der Waals surface area contributed by atoms with Gasteiger partial charge in [0, 0.05) is 6.61 Å². The predicted molar refractivity (Wildman–Crippen MR) is 35.8 cm³/mol. The molecule has 0 aromatic heterocycles. The third-order valence-corrected chi connectivity index (χ3v) is 1.50. The fourth-order valence-electron chi connectivity index (χ4n) is 0.969. The molecular weight excluding hydrogens is 151 g/mol. The summed E-state index contributed by atoms with van der Waals surface area (Å²) >= 11 is 0. The van der Waals surface area contributed by atoms with E-state index in [0.29, 0.717) is 13.0 Å². The van der Waals surface area contributed by atoms with Gasteiger partial charge >= 0.3 is 5.97 Å². The maximum atomic E-state index is 12.4. The van der Waals surface area contributed by atoms with Crippen molar-refractivity contribution in [1.29, 1.82) is 0 Å². The zero-order valence-electron chi connectivity index (χ0n) is 5.92. The zero-order valence-corrected chi connectivity index (χ0v) is 5.92. The molecule has 1 unspecified atom stereocenters. The van der Waals surface area contributed by atoms with E-state index in [1.807, 2.05) is 0 Å². The average molecular weight is 160 g/mol. The van der Waals surface area contributed by atoms with Crippen LogP contribution in [-0.4, -0.2) is 23.8 Å². The van der Waals surface area contributed by atoms with E-state index in [1.54, 1.807) is 0 Å². The average Bonchev–Trinajstić information content (AvgIpc) is 2.39. The van der Waals surface area contributed by atoms with Crippen molar-refractivity contribution in [3.8, 4) is 0 Å². The lowest BCUT2D eigenvalue weighted by atomic mass is 10.2. The van der Waals surface area contributed by atoms with Crippen molar-refractivity contribution in [3.63, 3.8) is 0 Å². The number of hydrogen-bond donors (Lipinski definition) is 1. The van der Waals surface area contributed by atoms with Crippen molar-refractivity contribution in [1.82, 2.24) is 0 Å². The maximum absolute atomic E-state index is 12.4. The second kappa shape index (κ2) is 3.48. The SMILES string of the molecule is O=C(O)/C(F)=C/C1CCCO1. The van der Waals surface area contributed by atoms with Crippen molar-refractivity contribution in [2.45, 2.75) is 18.9 Å². The summed E-state index contributed by atoms with van der Waals surface area (Å²) in [6, 6.07) is 0. The first-order valence-corrected chi connectivity index (χ1v) is 3.42.